The highest BCUT2D eigenvalue weighted by molar-refractivity contribution is 7.11. The topological polar surface area (TPSA) is 36.4 Å². The van der Waals surface area contributed by atoms with Gasteiger partial charge in [-0.2, -0.15) is 0 Å². The summed E-state index contributed by atoms with van der Waals surface area (Å²) in [6.07, 6.45) is 0. The van der Waals surface area contributed by atoms with Crippen LogP contribution in [0.3, 0.4) is 0 Å². The quantitative estimate of drug-likeness (QED) is 0.765. The van der Waals surface area contributed by atoms with Crippen LogP contribution >= 0.6 is 11.3 Å². The van der Waals surface area contributed by atoms with E-state index in [9.17, 15) is 0 Å². The molecule has 0 aliphatic carbocycles. The molecule has 0 atom stereocenters. The van der Waals surface area contributed by atoms with Crippen LogP contribution in [0.1, 0.15) is 15.6 Å². The fourth-order valence-electron chi connectivity index (χ4n) is 0.973. The predicted molar refractivity (Wildman–Crippen MR) is 50.2 cm³/mol. The van der Waals surface area contributed by atoms with Gasteiger partial charge in [-0.3, -0.25) is 0 Å². The van der Waals surface area contributed by atoms with Gasteiger partial charge in [-0.25, -0.2) is 4.98 Å². The molecule has 0 aliphatic heterocycles. The van der Waals surface area contributed by atoms with Crippen molar-refractivity contribution in [2.75, 3.05) is 14.1 Å². The molecule has 0 unspecified atom stereocenters. The van der Waals surface area contributed by atoms with Crippen LogP contribution in [0.2, 0.25) is 0 Å². The zero-order valence-electron chi connectivity index (χ0n) is 7.66. The molecule has 0 saturated carbocycles. The Morgan fingerprint density at radius 3 is 2.58 bits per heavy atom. The van der Waals surface area contributed by atoms with Crippen molar-refractivity contribution in [3.8, 4) is 0 Å². The first-order chi connectivity index (χ1) is 5.63. The van der Waals surface area contributed by atoms with Crippen molar-refractivity contribution in [3.05, 3.63) is 15.6 Å². The summed E-state index contributed by atoms with van der Waals surface area (Å²) in [5.74, 6) is 0. The first-order valence-corrected chi connectivity index (χ1v) is 4.66. The zero-order valence-corrected chi connectivity index (χ0v) is 8.48. The largest absolute Gasteiger partial charge is 0.390 e. The van der Waals surface area contributed by atoms with Crippen LogP contribution in [0.15, 0.2) is 0 Å². The molecule has 0 spiro atoms. The second kappa shape index (κ2) is 3.98. The minimum Gasteiger partial charge on any atom is -0.390 e. The Kier molecular flexibility index (Phi) is 3.20. The van der Waals surface area contributed by atoms with Gasteiger partial charge >= 0.3 is 0 Å². The highest BCUT2D eigenvalue weighted by Gasteiger charge is 2.06. The normalized spacial score (nSPS) is 11.1. The third kappa shape index (κ3) is 2.27. The van der Waals surface area contributed by atoms with Gasteiger partial charge in [-0.1, -0.05) is 0 Å². The molecular formula is C8H14N2OS. The number of nitrogens with zero attached hydrogens (tertiary/aromatic N) is 2. The fourth-order valence-corrected chi connectivity index (χ4v) is 2.03. The SMILES string of the molecule is Cc1sc(CN(C)C)nc1CO. The molecule has 0 radical (unpaired) electrons. The summed E-state index contributed by atoms with van der Waals surface area (Å²) in [6, 6.07) is 0. The van der Waals surface area contributed by atoms with Gasteiger partial charge in [0.25, 0.3) is 0 Å². The summed E-state index contributed by atoms with van der Waals surface area (Å²) < 4.78 is 0. The molecule has 0 bridgehead atoms. The number of thiazole rings is 1. The first-order valence-electron chi connectivity index (χ1n) is 3.84. The summed E-state index contributed by atoms with van der Waals surface area (Å²) in [7, 11) is 4.02. The van der Waals surface area contributed by atoms with Crippen LogP contribution in [0, 0.1) is 6.92 Å². The van der Waals surface area contributed by atoms with Gasteiger partial charge in [0.15, 0.2) is 0 Å². The second-order valence-corrected chi connectivity index (χ2v) is 4.29. The van der Waals surface area contributed by atoms with E-state index >= 15 is 0 Å². The van der Waals surface area contributed by atoms with Crippen molar-refractivity contribution in [1.82, 2.24) is 9.88 Å². The monoisotopic (exact) mass is 186 g/mol. The standard InChI is InChI=1S/C8H14N2OS/c1-6-7(5-11)9-8(12-6)4-10(2)3/h11H,4-5H2,1-3H3. The molecule has 1 heterocycles. The van der Waals surface area contributed by atoms with E-state index in [-0.39, 0.29) is 6.61 Å². The molecule has 0 amide bonds. The number of aliphatic hydroxyl groups is 1. The Hall–Kier alpha value is -0.450. The Balaban J connectivity index is 2.75. The summed E-state index contributed by atoms with van der Waals surface area (Å²) in [5.41, 5.74) is 0.817. The van der Waals surface area contributed by atoms with E-state index in [1.165, 1.54) is 0 Å². The molecule has 0 fully saturated rings. The number of hydrogen-bond donors (Lipinski definition) is 1. The van der Waals surface area contributed by atoms with Gasteiger partial charge < -0.3 is 10.0 Å². The summed E-state index contributed by atoms with van der Waals surface area (Å²) in [6.45, 7) is 2.89. The van der Waals surface area contributed by atoms with Crippen LogP contribution in [0.5, 0.6) is 0 Å². The Morgan fingerprint density at radius 1 is 1.50 bits per heavy atom. The van der Waals surface area contributed by atoms with Crippen LogP contribution in [-0.4, -0.2) is 29.1 Å². The van der Waals surface area contributed by atoms with E-state index in [0.29, 0.717) is 0 Å². The van der Waals surface area contributed by atoms with E-state index < -0.39 is 0 Å². The lowest BCUT2D eigenvalue weighted by Crippen LogP contribution is -2.10. The summed E-state index contributed by atoms with van der Waals surface area (Å²) in [5, 5.41) is 9.97. The molecule has 4 heteroatoms. The van der Waals surface area contributed by atoms with Crippen molar-refractivity contribution in [3.63, 3.8) is 0 Å². The average molecular weight is 186 g/mol. The van der Waals surface area contributed by atoms with Gasteiger partial charge in [-0.05, 0) is 21.0 Å². The number of rotatable bonds is 3. The number of aromatic nitrogens is 1. The van der Waals surface area contributed by atoms with Crippen molar-refractivity contribution >= 4 is 11.3 Å². The van der Waals surface area contributed by atoms with E-state index in [1.54, 1.807) is 11.3 Å². The lowest BCUT2D eigenvalue weighted by molar-refractivity contribution is 0.276. The fraction of sp³-hybridized carbons (Fsp3) is 0.625. The molecule has 0 aromatic carbocycles. The van der Waals surface area contributed by atoms with Crippen molar-refractivity contribution in [2.45, 2.75) is 20.1 Å². The number of hydrogen-bond acceptors (Lipinski definition) is 4. The Morgan fingerprint density at radius 2 is 2.17 bits per heavy atom. The minimum absolute atomic E-state index is 0.0514. The number of aryl methyl sites for hydroxylation is 1. The second-order valence-electron chi connectivity index (χ2n) is 3.01. The van der Waals surface area contributed by atoms with Gasteiger partial charge in [0, 0.05) is 11.4 Å². The molecule has 1 aromatic rings. The molecule has 12 heavy (non-hydrogen) atoms. The molecule has 1 rings (SSSR count). The van der Waals surface area contributed by atoms with Gasteiger partial charge in [0.1, 0.15) is 5.01 Å². The molecule has 0 aliphatic rings. The third-order valence-corrected chi connectivity index (χ3v) is 2.54. The first kappa shape index (κ1) is 9.64. The molecule has 0 saturated heterocycles. The maximum Gasteiger partial charge on any atom is 0.107 e. The summed E-state index contributed by atoms with van der Waals surface area (Å²) in [4.78, 5) is 7.48. The Bertz CT molecular complexity index is 258. The van der Waals surface area contributed by atoms with Gasteiger partial charge in [0.2, 0.25) is 0 Å². The zero-order chi connectivity index (χ0) is 9.14. The molecular weight excluding hydrogens is 172 g/mol. The highest BCUT2D eigenvalue weighted by Crippen LogP contribution is 2.17. The van der Waals surface area contributed by atoms with E-state index in [2.05, 4.69) is 9.88 Å². The average Bonchev–Trinajstić information content (AvgIpc) is 2.29. The minimum atomic E-state index is 0.0514. The van der Waals surface area contributed by atoms with Crippen LogP contribution in [0.4, 0.5) is 0 Å². The molecule has 3 nitrogen and oxygen atoms in total. The Labute approximate surface area is 76.7 Å². The lowest BCUT2D eigenvalue weighted by atomic mass is 10.4. The van der Waals surface area contributed by atoms with Crippen molar-refractivity contribution in [2.24, 2.45) is 0 Å². The van der Waals surface area contributed by atoms with Crippen molar-refractivity contribution < 1.29 is 5.11 Å². The summed E-state index contributed by atoms with van der Waals surface area (Å²) >= 11 is 1.65. The van der Waals surface area contributed by atoms with E-state index in [0.717, 1.165) is 22.1 Å². The smallest absolute Gasteiger partial charge is 0.107 e. The van der Waals surface area contributed by atoms with Gasteiger partial charge in [0.05, 0.1) is 12.3 Å². The van der Waals surface area contributed by atoms with Gasteiger partial charge in [-0.15, -0.1) is 11.3 Å². The highest BCUT2D eigenvalue weighted by atomic mass is 32.1. The third-order valence-electron chi connectivity index (χ3n) is 1.54. The van der Waals surface area contributed by atoms with Crippen LogP contribution in [0.25, 0.3) is 0 Å². The molecule has 1 aromatic heterocycles. The van der Waals surface area contributed by atoms with Crippen LogP contribution in [-0.2, 0) is 13.2 Å². The van der Waals surface area contributed by atoms with Crippen LogP contribution < -0.4 is 0 Å². The molecule has 1 N–H and O–H groups in total. The van der Waals surface area contributed by atoms with Crippen molar-refractivity contribution in [1.29, 1.82) is 0 Å². The number of aliphatic hydroxyl groups excluding tert-OH is 1. The lowest BCUT2D eigenvalue weighted by Gasteiger charge is -2.04. The maximum absolute atomic E-state index is 8.90. The maximum atomic E-state index is 8.90. The predicted octanol–water partition coefficient (Wildman–Crippen LogP) is 1.01. The molecule has 68 valence electrons. The van der Waals surface area contributed by atoms with E-state index in [1.807, 2.05) is 21.0 Å². The van der Waals surface area contributed by atoms with E-state index in [4.69, 9.17) is 5.11 Å².